The quantitative estimate of drug-likeness (QED) is 0.300. The number of hydrogen-bond donors (Lipinski definition) is 3. The Hall–Kier alpha value is -0.120. The molecule has 11 heavy (non-hydrogen) atoms. The van der Waals surface area contributed by atoms with E-state index in [1.54, 1.807) is 0 Å². The van der Waals surface area contributed by atoms with E-state index in [-0.39, 0.29) is 0 Å². The molecule has 3 heteroatoms. The van der Waals surface area contributed by atoms with Crippen LogP contribution in [0.25, 0.3) is 0 Å². The summed E-state index contributed by atoms with van der Waals surface area (Å²) in [5.41, 5.74) is 2.63. The van der Waals surface area contributed by atoms with Gasteiger partial charge in [0.1, 0.15) is 0 Å². The Morgan fingerprint density at radius 2 is 1.82 bits per heavy atom. The summed E-state index contributed by atoms with van der Waals surface area (Å²) in [6.07, 6.45) is 1.09. The van der Waals surface area contributed by atoms with Crippen LogP contribution in [0.5, 0.6) is 0 Å². The second-order valence-electron chi connectivity index (χ2n) is 3.29. The average Bonchev–Trinajstić information content (AvgIpc) is 1.97. The third-order valence-corrected chi connectivity index (χ3v) is 1.96. The van der Waals surface area contributed by atoms with Gasteiger partial charge >= 0.3 is 0 Å². The summed E-state index contributed by atoms with van der Waals surface area (Å²) in [7, 11) is 0. The molecule has 0 saturated carbocycles. The van der Waals surface area contributed by atoms with Gasteiger partial charge in [-0.25, -0.2) is 0 Å². The molecule has 0 aromatic heterocycles. The van der Waals surface area contributed by atoms with E-state index in [0.717, 1.165) is 19.5 Å². The minimum Gasteiger partial charge on any atom is -0.314 e. The van der Waals surface area contributed by atoms with Gasteiger partial charge in [0.25, 0.3) is 0 Å². The van der Waals surface area contributed by atoms with Gasteiger partial charge in [0.05, 0.1) is 0 Å². The predicted octanol–water partition coefficient (Wildman–Crippen LogP) is 0.474. The minimum atomic E-state index is 0.604. The number of hydrogen-bond acceptors (Lipinski definition) is 3. The van der Waals surface area contributed by atoms with Crippen molar-refractivity contribution in [2.24, 2.45) is 11.8 Å². The van der Waals surface area contributed by atoms with Crippen LogP contribution in [0.1, 0.15) is 27.2 Å². The highest BCUT2D eigenvalue weighted by Gasteiger charge is 2.03. The molecule has 3 nitrogen and oxygen atoms in total. The largest absolute Gasteiger partial charge is 0.314 e. The molecule has 0 aromatic carbocycles. The van der Waals surface area contributed by atoms with Crippen LogP contribution in [-0.4, -0.2) is 19.1 Å². The molecule has 1 unspecified atom stereocenters. The zero-order chi connectivity index (χ0) is 8.69. The Labute approximate surface area is 69.7 Å². The molecular formula is C8H21N3. The lowest BCUT2D eigenvalue weighted by molar-refractivity contribution is 0.422. The van der Waals surface area contributed by atoms with Gasteiger partial charge in [-0.1, -0.05) is 13.8 Å². The third kappa shape index (κ3) is 6.28. The molecule has 0 heterocycles. The van der Waals surface area contributed by atoms with Crippen LogP contribution in [0.2, 0.25) is 0 Å². The van der Waals surface area contributed by atoms with Crippen LogP contribution < -0.4 is 16.6 Å². The summed E-state index contributed by atoms with van der Waals surface area (Å²) in [4.78, 5) is 0. The van der Waals surface area contributed by atoms with E-state index in [4.69, 9.17) is 5.84 Å². The van der Waals surface area contributed by atoms with E-state index >= 15 is 0 Å². The number of nitrogens with two attached hydrogens (primary N) is 1. The first-order chi connectivity index (χ1) is 5.18. The summed E-state index contributed by atoms with van der Waals surface area (Å²) >= 11 is 0. The van der Waals surface area contributed by atoms with E-state index in [1.165, 1.54) is 0 Å². The third-order valence-electron chi connectivity index (χ3n) is 1.96. The number of rotatable bonds is 6. The maximum absolute atomic E-state index is 5.13. The Balaban J connectivity index is 3.10. The molecule has 0 amide bonds. The smallest absolute Gasteiger partial charge is 0.0109 e. The molecule has 0 spiro atoms. The molecule has 68 valence electrons. The van der Waals surface area contributed by atoms with Crippen molar-refractivity contribution in [3.05, 3.63) is 0 Å². The van der Waals surface area contributed by atoms with Crippen LogP contribution in [0.15, 0.2) is 0 Å². The van der Waals surface area contributed by atoms with Gasteiger partial charge in [-0.15, -0.1) is 0 Å². The first kappa shape index (κ1) is 10.9. The van der Waals surface area contributed by atoms with E-state index in [9.17, 15) is 0 Å². The van der Waals surface area contributed by atoms with Gasteiger partial charge in [0, 0.05) is 12.6 Å². The van der Waals surface area contributed by atoms with E-state index in [2.05, 4.69) is 31.5 Å². The second kappa shape index (κ2) is 6.58. The van der Waals surface area contributed by atoms with E-state index in [1.807, 2.05) is 0 Å². The summed E-state index contributed by atoms with van der Waals surface area (Å²) < 4.78 is 0. The maximum Gasteiger partial charge on any atom is 0.0109 e. The van der Waals surface area contributed by atoms with Crippen LogP contribution in [0.4, 0.5) is 0 Å². The molecule has 0 fully saturated rings. The lowest BCUT2D eigenvalue weighted by atomic mass is 10.1. The summed E-state index contributed by atoms with van der Waals surface area (Å²) in [6.45, 7) is 8.58. The highest BCUT2D eigenvalue weighted by molar-refractivity contribution is 4.63. The molecule has 0 aromatic rings. The summed E-state index contributed by atoms with van der Waals surface area (Å²) in [5.74, 6) is 5.84. The van der Waals surface area contributed by atoms with Crippen LogP contribution in [0.3, 0.4) is 0 Å². The SMILES string of the molecule is CC(C)C(C)NCCCNN. The van der Waals surface area contributed by atoms with Crippen molar-refractivity contribution in [2.45, 2.75) is 33.2 Å². The molecule has 1 atom stereocenters. The highest BCUT2D eigenvalue weighted by Crippen LogP contribution is 1.98. The van der Waals surface area contributed by atoms with Crippen molar-refractivity contribution < 1.29 is 0 Å². The number of hydrazine groups is 1. The van der Waals surface area contributed by atoms with Gasteiger partial charge < -0.3 is 5.32 Å². The normalized spacial score (nSPS) is 13.9. The average molecular weight is 159 g/mol. The highest BCUT2D eigenvalue weighted by atomic mass is 15.2. The zero-order valence-electron chi connectivity index (χ0n) is 7.85. The van der Waals surface area contributed by atoms with E-state index in [0.29, 0.717) is 12.0 Å². The van der Waals surface area contributed by atoms with Gasteiger partial charge in [-0.2, -0.15) is 0 Å². The fourth-order valence-electron chi connectivity index (χ4n) is 0.756. The molecule has 4 N–H and O–H groups in total. The molecule has 0 saturated heterocycles. The first-order valence-corrected chi connectivity index (χ1v) is 4.35. The standard InChI is InChI=1S/C8H21N3/c1-7(2)8(3)10-5-4-6-11-9/h7-8,10-11H,4-6,9H2,1-3H3. The fraction of sp³-hybridized carbons (Fsp3) is 1.00. The fourth-order valence-corrected chi connectivity index (χ4v) is 0.756. The lowest BCUT2D eigenvalue weighted by Gasteiger charge is -2.16. The van der Waals surface area contributed by atoms with Gasteiger partial charge in [0.15, 0.2) is 0 Å². The van der Waals surface area contributed by atoms with Crippen molar-refractivity contribution in [1.82, 2.24) is 10.7 Å². The molecule has 0 aliphatic heterocycles. The zero-order valence-corrected chi connectivity index (χ0v) is 7.85. The summed E-state index contributed by atoms with van der Waals surface area (Å²) in [6, 6.07) is 0.604. The summed E-state index contributed by atoms with van der Waals surface area (Å²) in [5, 5.41) is 3.42. The molecular weight excluding hydrogens is 138 g/mol. The van der Waals surface area contributed by atoms with Gasteiger partial charge in [-0.05, 0) is 25.8 Å². The second-order valence-corrected chi connectivity index (χ2v) is 3.29. The Morgan fingerprint density at radius 1 is 1.18 bits per heavy atom. The van der Waals surface area contributed by atoms with Crippen LogP contribution >= 0.6 is 0 Å². The van der Waals surface area contributed by atoms with E-state index < -0.39 is 0 Å². The lowest BCUT2D eigenvalue weighted by Crippen LogP contribution is -2.33. The molecule has 0 rings (SSSR count). The van der Waals surface area contributed by atoms with Crippen molar-refractivity contribution >= 4 is 0 Å². The van der Waals surface area contributed by atoms with Crippen molar-refractivity contribution in [1.29, 1.82) is 0 Å². The Bertz CT molecular complexity index is 83.4. The molecule has 0 aliphatic carbocycles. The van der Waals surface area contributed by atoms with Crippen molar-refractivity contribution in [3.63, 3.8) is 0 Å². The van der Waals surface area contributed by atoms with Gasteiger partial charge in [0.2, 0.25) is 0 Å². The van der Waals surface area contributed by atoms with Crippen molar-refractivity contribution in [2.75, 3.05) is 13.1 Å². The van der Waals surface area contributed by atoms with Crippen molar-refractivity contribution in [3.8, 4) is 0 Å². The maximum atomic E-state index is 5.13. The topological polar surface area (TPSA) is 50.1 Å². The minimum absolute atomic E-state index is 0.604. The predicted molar refractivity (Wildman–Crippen MR) is 49.1 cm³/mol. The van der Waals surface area contributed by atoms with Crippen LogP contribution in [0, 0.1) is 5.92 Å². The monoisotopic (exact) mass is 159 g/mol. The van der Waals surface area contributed by atoms with Crippen LogP contribution in [-0.2, 0) is 0 Å². The Kier molecular flexibility index (Phi) is 6.51. The first-order valence-electron chi connectivity index (χ1n) is 4.35. The number of nitrogens with one attached hydrogen (secondary N) is 2. The molecule has 0 aliphatic rings. The molecule has 0 bridgehead atoms. The molecule has 0 radical (unpaired) electrons. The Morgan fingerprint density at radius 3 is 2.27 bits per heavy atom. The van der Waals surface area contributed by atoms with Gasteiger partial charge in [-0.3, -0.25) is 11.3 Å².